The number of fused-ring (bicyclic) bond motifs is 4. The number of hydrogen-bond donors (Lipinski definition) is 3. The molecule has 2 fully saturated rings. The van der Waals surface area contributed by atoms with Gasteiger partial charge in [-0.25, -0.2) is 15.0 Å². The van der Waals surface area contributed by atoms with Crippen LogP contribution in [0.2, 0.25) is 5.02 Å². The Balaban J connectivity index is 1.49. The Hall–Kier alpha value is -2.33. The van der Waals surface area contributed by atoms with Crippen molar-refractivity contribution in [2.45, 2.75) is 57.3 Å². The number of thiazole rings is 1. The lowest BCUT2D eigenvalue weighted by Gasteiger charge is -2.39. The molecule has 4 N–H and O–H groups in total. The Morgan fingerprint density at radius 2 is 2.00 bits per heavy atom. The fraction of sp³-hybridized carbons (Fsp3) is 0.429. The minimum atomic E-state index is -0.189. The highest BCUT2D eigenvalue weighted by molar-refractivity contribution is 7.19. The first-order valence-corrected chi connectivity index (χ1v) is 11.7. The van der Waals surface area contributed by atoms with Crippen LogP contribution in [-0.2, 0) is 6.61 Å². The number of nitrogens with zero attached hydrogens (tertiary/aromatic N) is 5. The van der Waals surface area contributed by atoms with Crippen LogP contribution in [-0.4, -0.2) is 48.4 Å². The summed E-state index contributed by atoms with van der Waals surface area (Å²) in [5, 5.41) is 19.2. The van der Waals surface area contributed by atoms with E-state index >= 15 is 0 Å². The van der Waals surface area contributed by atoms with Crippen LogP contribution in [0.4, 0.5) is 5.82 Å². The van der Waals surface area contributed by atoms with Gasteiger partial charge in [-0.15, -0.1) is 11.3 Å². The van der Waals surface area contributed by atoms with E-state index in [0.717, 1.165) is 52.3 Å². The molecule has 1 aromatic carbocycles. The predicted octanol–water partition coefficient (Wildman–Crippen LogP) is 3.54. The van der Waals surface area contributed by atoms with E-state index in [0.29, 0.717) is 39.7 Å². The third-order valence-electron chi connectivity index (χ3n) is 6.48. The van der Waals surface area contributed by atoms with E-state index in [9.17, 15) is 5.11 Å². The molecule has 2 aliphatic rings. The summed E-state index contributed by atoms with van der Waals surface area (Å²) in [4.78, 5) is 16.5. The number of benzene rings is 1. The lowest BCUT2D eigenvalue weighted by atomic mass is 9.98. The standard InChI is InChI=1S/C21H22ClN7OS/c1-9-24-14-5-4-13(16(22)19(14)31-9)17-18-20(28-27-17)26-21(15(8-30)25-18)29-11-2-3-12(29)7-10(23)6-11/h4-5,10-12,30H,2-3,6-8,23H2,1H3,(H,26,27,28)/t11-,12-/m1/s1. The van der Waals surface area contributed by atoms with Crippen LogP contribution in [0.5, 0.6) is 0 Å². The molecule has 10 heteroatoms. The molecule has 6 rings (SSSR count). The second-order valence-corrected chi connectivity index (χ2v) is 10.0. The van der Waals surface area contributed by atoms with Crippen LogP contribution >= 0.6 is 22.9 Å². The topological polar surface area (TPSA) is 117 Å². The van der Waals surface area contributed by atoms with Gasteiger partial charge in [-0.3, -0.25) is 5.10 Å². The van der Waals surface area contributed by atoms with Crippen LogP contribution in [0.3, 0.4) is 0 Å². The Morgan fingerprint density at radius 3 is 2.74 bits per heavy atom. The third kappa shape index (κ3) is 2.95. The van der Waals surface area contributed by atoms with Crippen LogP contribution in [0.25, 0.3) is 32.6 Å². The maximum Gasteiger partial charge on any atom is 0.202 e. The second-order valence-electron chi connectivity index (χ2n) is 8.45. The van der Waals surface area contributed by atoms with E-state index < -0.39 is 0 Å². The average Bonchev–Trinajstić information content (AvgIpc) is 3.41. The molecular formula is C21H22ClN7OS. The van der Waals surface area contributed by atoms with Crippen LogP contribution in [0.1, 0.15) is 36.4 Å². The number of hydrogen-bond acceptors (Lipinski definition) is 8. The van der Waals surface area contributed by atoms with E-state index in [1.807, 2.05) is 19.1 Å². The van der Waals surface area contributed by atoms with Gasteiger partial charge in [-0.1, -0.05) is 11.6 Å². The Labute approximate surface area is 187 Å². The smallest absolute Gasteiger partial charge is 0.202 e. The van der Waals surface area contributed by atoms with Crippen molar-refractivity contribution in [3.63, 3.8) is 0 Å². The van der Waals surface area contributed by atoms with Crippen LogP contribution in [0.15, 0.2) is 12.1 Å². The lowest BCUT2D eigenvalue weighted by molar-refractivity contribution is 0.276. The normalized spacial score (nSPS) is 23.4. The number of aryl methyl sites for hydroxylation is 1. The van der Waals surface area contributed by atoms with Gasteiger partial charge in [-0.2, -0.15) is 5.10 Å². The van der Waals surface area contributed by atoms with Crippen molar-refractivity contribution in [3.8, 4) is 11.3 Å². The average molecular weight is 456 g/mol. The van der Waals surface area contributed by atoms with Gasteiger partial charge in [-0.05, 0) is 44.7 Å². The van der Waals surface area contributed by atoms with Crippen LogP contribution in [0, 0.1) is 6.92 Å². The Morgan fingerprint density at radius 1 is 1.23 bits per heavy atom. The number of rotatable bonds is 3. The molecule has 3 aromatic heterocycles. The second kappa shape index (κ2) is 7.09. The van der Waals surface area contributed by atoms with Gasteiger partial charge in [0.1, 0.15) is 11.2 Å². The maximum atomic E-state index is 10.1. The van der Waals surface area contributed by atoms with Crippen molar-refractivity contribution in [2.75, 3.05) is 4.90 Å². The van der Waals surface area contributed by atoms with Crippen molar-refractivity contribution in [1.82, 2.24) is 25.1 Å². The number of nitrogens with two attached hydrogens (primary N) is 1. The summed E-state index contributed by atoms with van der Waals surface area (Å²) in [6.45, 7) is 1.78. The molecule has 4 aromatic rings. The number of aliphatic hydroxyl groups excluding tert-OH is 1. The number of piperidine rings is 1. The molecule has 0 saturated carbocycles. The van der Waals surface area contributed by atoms with E-state index in [1.54, 1.807) is 11.3 Å². The van der Waals surface area contributed by atoms with E-state index in [1.165, 1.54) is 0 Å². The highest BCUT2D eigenvalue weighted by Gasteiger charge is 2.41. The first-order valence-electron chi connectivity index (χ1n) is 10.5. The van der Waals surface area contributed by atoms with Crippen molar-refractivity contribution >= 4 is 50.1 Å². The highest BCUT2D eigenvalue weighted by atomic mass is 35.5. The van der Waals surface area contributed by atoms with Crippen molar-refractivity contribution in [2.24, 2.45) is 5.73 Å². The molecule has 0 unspecified atom stereocenters. The van der Waals surface area contributed by atoms with Gasteiger partial charge in [0.25, 0.3) is 0 Å². The first-order chi connectivity index (χ1) is 15.0. The molecule has 8 nitrogen and oxygen atoms in total. The zero-order valence-electron chi connectivity index (χ0n) is 17.0. The van der Waals surface area contributed by atoms with Gasteiger partial charge in [0.15, 0.2) is 5.82 Å². The summed E-state index contributed by atoms with van der Waals surface area (Å²) in [7, 11) is 0. The number of halogens is 1. The Bertz CT molecular complexity index is 1300. The van der Waals surface area contributed by atoms with Crippen molar-refractivity contribution < 1.29 is 5.11 Å². The zero-order valence-corrected chi connectivity index (χ0v) is 18.5. The van der Waals surface area contributed by atoms with Gasteiger partial charge in [0.2, 0.25) is 5.65 Å². The largest absolute Gasteiger partial charge is 0.390 e. The summed E-state index contributed by atoms with van der Waals surface area (Å²) >= 11 is 8.30. The van der Waals surface area contributed by atoms with Gasteiger partial charge in [0.05, 0.1) is 32.5 Å². The molecule has 2 bridgehead atoms. The molecular weight excluding hydrogens is 434 g/mol. The van der Waals surface area contributed by atoms with Gasteiger partial charge < -0.3 is 15.7 Å². The SMILES string of the molecule is Cc1nc2ccc(-c3[nH]nc4nc(N5[C@@H]6CC[C@@H]5CC(N)C6)c(CO)nc34)c(Cl)c2s1. The molecule has 160 valence electrons. The summed E-state index contributed by atoms with van der Waals surface area (Å²) in [6, 6.07) is 4.80. The monoisotopic (exact) mass is 455 g/mol. The number of aromatic amines is 1. The van der Waals surface area contributed by atoms with Crippen molar-refractivity contribution in [3.05, 3.63) is 27.9 Å². The lowest BCUT2D eigenvalue weighted by Crippen LogP contribution is -2.48. The molecule has 2 aliphatic heterocycles. The number of aliphatic hydroxyl groups is 1. The van der Waals surface area contributed by atoms with Gasteiger partial charge in [0, 0.05) is 23.7 Å². The number of nitrogens with one attached hydrogen (secondary N) is 1. The summed E-state index contributed by atoms with van der Waals surface area (Å²) < 4.78 is 0.938. The third-order valence-corrected chi connectivity index (χ3v) is 7.98. The van der Waals surface area contributed by atoms with E-state index in [-0.39, 0.29) is 12.6 Å². The molecule has 0 radical (unpaired) electrons. The summed E-state index contributed by atoms with van der Waals surface area (Å²) in [6.07, 6.45) is 4.07. The molecule has 0 amide bonds. The highest BCUT2D eigenvalue weighted by Crippen LogP contribution is 2.41. The quantitative estimate of drug-likeness (QED) is 0.432. The van der Waals surface area contributed by atoms with Crippen molar-refractivity contribution in [1.29, 1.82) is 0 Å². The maximum absolute atomic E-state index is 10.1. The van der Waals surface area contributed by atoms with E-state index in [4.69, 9.17) is 27.3 Å². The number of aromatic nitrogens is 5. The minimum Gasteiger partial charge on any atom is -0.390 e. The van der Waals surface area contributed by atoms with E-state index in [2.05, 4.69) is 20.1 Å². The summed E-state index contributed by atoms with van der Waals surface area (Å²) in [5.41, 5.74) is 10.3. The first kappa shape index (κ1) is 19.4. The number of H-pyrrole nitrogens is 1. The number of anilines is 1. The Kier molecular flexibility index (Phi) is 4.43. The van der Waals surface area contributed by atoms with Gasteiger partial charge >= 0.3 is 0 Å². The molecule has 31 heavy (non-hydrogen) atoms. The fourth-order valence-corrected chi connectivity index (χ4v) is 6.42. The predicted molar refractivity (Wildman–Crippen MR) is 122 cm³/mol. The molecule has 2 atom stereocenters. The molecule has 5 heterocycles. The molecule has 2 saturated heterocycles. The minimum absolute atomic E-state index is 0.189. The molecule has 0 aliphatic carbocycles. The zero-order chi connectivity index (χ0) is 21.3. The molecule has 0 spiro atoms. The fourth-order valence-electron chi connectivity index (χ4n) is 5.19. The van der Waals surface area contributed by atoms with Crippen LogP contribution < -0.4 is 10.6 Å². The summed E-state index contributed by atoms with van der Waals surface area (Å²) in [5.74, 6) is 0.729.